The number of rotatable bonds is 5. The van der Waals surface area contributed by atoms with Gasteiger partial charge in [-0.1, -0.05) is 55.9 Å². The van der Waals surface area contributed by atoms with Gasteiger partial charge in [0, 0.05) is 17.5 Å². The van der Waals surface area contributed by atoms with Crippen LogP contribution in [-0.4, -0.2) is 37.9 Å². The van der Waals surface area contributed by atoms with E-state index in [9.17, 15) is 14.7 Å². The van der Waals surface area contributed by atoms with Gasteiger partial charge < -0.3 is 9.84 Å². The summed E-state index contributed by atoms with van der Waals surface area (Å²) in [5.74, 6) is -0.123. The van der Waals surface area contributed by atoms with Crippen LogP contribution in [0.3, 0.4) is 0 Å². The van der Waals surface area contributed by atoms with Crippen molar-refractivity contribution >= 4 is 29.3 Å². The summed E-state index contributed by atoms with van der Waals surface area (Å²) in [6.45, 7) is 3.77. The highest BCUT2D eigenvalue weighted by Crippen LogP contribution is 2.43. The number of benzene rings is 2. The Labute approximate surface area is 183 Å². The molecule has 0 aliphatic carbocycles. The first-order valence-corrected chi connectivity index (χ1v) is 10.8. The van der Waals surface area contributed by atoms with Gasteiger partial charge in [0.05, 0.1) is 11.3 Å². The zero-order valence-corrected chi connectivity index (χ0v) is 17.8. The molecule has 0 saturated carbocycles. The first kappa shape index (κ1) is 20.8. The molecule has 1 aliphatic heterocycles. The summed E-state index contributed by atoms with van der Waals surface area (Å²) in [6, 6.07) is 13.7. The van der Waals surface area contributed by atoms with Crippen molar-refractivity contribution in [2.45, 2.75) is 31.7 Å². The van der Waals surface area contributed by atoms with E-state index in [0.29, 0.717) is 27.7 Å². The molecule has 1 atom stereocenters. The van der Waals surface area contributed by atoms with Gasteiger partial charge >= 0.3 is 5.97 Å². The SMILES string of the molecule is CCSc1nnc2c(n1)OC(c1ccc(C(=O)O)cc1)N(C(=O)CC)c1ccccc1-2. The number of carboxylic acid groups (broad SMARTS) is 1. The number of nitrogens with zero attached hydrogens (tertiary/aromatic N) is 4. The molecule has 2 heterocycles. The molecule has 1 unspecified atom stereocenters. The molecular weight excluding hydrogens is 416 g/mol. The normalized spacial score (nSPS) is 14.8. The zero-order valence-electron chi connectivity index (χ0n) is 17.0. The number of para-hydroxylation sites is 1. The van der Waals surface area contributed by atoms with Crippen LogP contribution in [0.2, 0.25) is 0 Å². The Bertz CT molecular complexity index is 1140. The predicted octanol–water partition coefficient (Wildman–Crippen LogP) is 4.18. The van der Waals surface area contributed by atoms with Gasteiger partial charge in [0.1, 0.15) is 0 Å². The van der Waals surface area contributed by atoms with Gasteiger partial charge in [0.25, 0.3) is 0 Å². The molecule has 1 amide bonds. The Hall–Kier alpha value is -3.46. The number of carbonyl (C=O) groups is 2. The van der Waals surface area contributed by atoms with Crippen molar-refractivity contribution in [2.75, 3.05) is 10.7 Å². The quantitative estimate of drug-likeness (QED) is 0.594. The first-order chi connectivity index (χ1) is 15.0. The predicted molar refractivity (Wildman–Crippen MR) is 116 cm³/mol. The average molecular weight is 436 g/mol. The third kappa shape index (κ3) is 3.96. The standard InChI is InChI=1S/C22H20N4O4S/c1-3-17(27)26-16-8-6-5-7-15(16)18-19(23-22(25-24-18)31-4-2)30-20(26)13-9-11-14(12-10-13)21(28)29/h5-12,20H,3-4H2,1-2H3,(H,28,29). The summed E-state index contributed by atoms with van der Waals surface area (Å²) in [5, 5.41) is 18.3. The summed E-state index contributed by atoms with van der Waals surface area (Å²) >= 11 is 1.44. The molecule has 0 radical (unpaired) electrons. The molecule has 0 spiro atoms. The fourth-order valence-corrected chi connectivity index (χ4v) is 3.86. The van der Waals surface area contributed by atoms with Gasteiger partial charge in [-0.15, -0.1) is 10.2 Å². The van der Waals surface area contributed by atoms with E-state index in [1.165, 1.54) is 23.9 Å². The number of hydrogen-bond donors (Lipinski definition) is 1. The number of anilines is 1. The van der Waals surface area contributed by atoms with Crippen LogP contribution in [0, 0.1) is 0 Å². The lowest BCUT2D eigenvalue weighted by molar-refractivity contribution is -0.120. The molecule has 9 heteroatoms. The van der Waals surface area contributed by atoms with Gasteiger partial charge in [0.2, 0.25) is 23.2 Å². The van der Waals surface area contributed by atoms with Crippen molar-refractivity contribution in [3.63, 3.8) is 0 Å². The van der Waals surface area contributed by atoms with Crippen LogP contribution in [0.5, 0.6) is 5.88 Å². The molecule has 4 rings (SSSR count). The van der Waals surface area contributed by atoms with Crippen LogP contribution in [0.1, 0.15) is 42.4 Å². The smallest absolute Gasteiger partial charge is 0.335 e. The summed E-state index contributed by atoms with van der Waals surface area (Å²) in [6.07, 6.45) is -0.581. The third-order valence-corrected chi connectivity index (χ3v) is 5.52. The van der Waals surface area contributed by atoms with E-state index in [1.807, 2.05) is 31.2 Å². The molecule has 8 nitrogen and oxygen atoms in total. The first-order valence-electron chi connectivity index (χ1n) is 9.82. The van der Waals surface area contributed by atoms with Gasteiger partial charge in [-0.3, -0.25) is 9.69 Å². The molecule has 158 valence electrons. The molecule has 0 bridgehead atoms. The van der Waals surface area contributed by atoms with Crippen LogP contribution >= 0.6 is 11.8 Å². The second kappa shape index (κ2) is 8.73. The number of carbonyl (C=O) groups excluding carboxylic acids is 1. The van der Waals surface area contributed by atoms with Gasteiger partial charge in [-0.25, -0.2) is 4.79 Å². The van der Waals surface area contributed by atoms with E-state index in [2.05, 4.69) is 15.2 Å². The van der Waals surface area contributed by atoms with E-state index in [4.69, 9.17) is 4.74 Å². The maximum Gasteiger partial charge on any atom is 0.335 e. The van der Waals surface area contributed by atoms with Crippen molar-refractivity contribution in [3.8, 4) is 17.1 Å². The van der Waals surface area contributed by atoms with E-state index < -0.39 is 12.2 Å². The highest BCUT2D eigenvalue weighted by Gasteiger charge is 2.35. The Morgan fingerprint density at radius 3 is 2.52 bits per heavy atom. The highest BCUT2D eigenvalue weighted by molar-refractivity contribution is 7.99. The van der Waals surface area contributed by atoms with Gasteiger partial charge in [0.15, 0.2) is 5.69 Å². The fourth-order valence-electron chi connectivity index (χ4n) is 3.35. The second-order valence-corrected chi connectivity index (χ2v) is 7.94. The lowest BCUT2D eigenvalue weighted by Crippen LogP contribution is -2.37. The zero-order chi connectivity index (χ0) is 22.0. The molecule has 0 saturated heterocycles. The molecule has 2 aromatic carbocycles. The minimum atomic E-state index is -1.02. The molecule has 1 N–H and O–H groups in total. The molecule has 1 aromatic heterocycles. The van der Waals surface area contributed by atoms with Crippen molar-refractivity contribution < 1.29 is 19.4 Å². The lowest BCUT2D eigenvalue weighted by Gasteiger charge is -2.30. The van der Waals surface area contributed by atoms with E-state index >= 15 is 0 Å². The average Bonchev–Trinajstić information content (AvgIpc) is 2.93. The van der Waals surface area contributed by atoms with Crippen LogP contribution in [-0.2, 0) is 4.79 Å². The summed E-state index contributed by atoms with van der Waals surface area (Å²) in [4.78, 5) is 30.4. The molecule has 31 heavy (non-hydrogen) atoms. The largest absolute Gasteiger partial charge is 0.478 e. The number of ether oxygens (including phenoxy) is 1. The number of amides is 1. The monoisotopic (exact) mass is 436 g/mol. The van der Waals surface area contributed by atoms with E-state index in [1.54, 1.807) is 24.0 Å². The number of aromatic nitrogens is 3. The Kier molecular flexibility index (Phi) is 5.85. The number of fused-ring (bicyclic) bond motifs is 3. The van der Waals surface area contributed by atoms with Gasteiger partial charge in [-0.2, -0.15) is 4.98 Å². The minimum absolute atomic E-state index is 0.149. The maximum absolute atomic E-state index is 13.1. The number of carboxylic acids is 1. The van der Waals surface area contributed by atoms with E-state index in [0.717, 1.165) is 5.75 Å². The summed E-state index contributed by atoms with van der Waals surface area (Å²) < 4.78 is 6.28. The number of aromatic carboxylic acids is 1. The Morgan fingerprint density at radius 2 is 1.84 bits per heavy atom. The third-order valence-electron chi connectivity index (χ3n) is 4.80. The summed E-state index contributed by atoms with van der Waals surface area (Å²) in [5.41, 5.74) is 2.55. The number of thioether (sulfide) groups is 1. The van der Waals surface area contributed by atoms with Crippen molar-refractivity contribution in [1.29, 1.82) is 0 Å². The van der Waals surface area contributed by atoms with E-state index in [-0.39, 0.29) is 23.8 Å². The van der Waals surface area contributed by atoms with Crippen LogP contribution in [0.4, 0.5) is 5.69 Å². The fraction of sp³-hybridized carbons (Fsp3) is 0.227. The van der Waals surface area contributed by atoms with Crippen molar-refractivity contribution in [3.05, 3.63) is 59.7 Å². The second-order valence-electron chi connectivity index (χ2n) is 6.71. The lowest BCUT2D eigenvalue weighted by atomic mass is 10.1. The topological polar surface area (TPSA) is 106 Å². The molecule has 0 fully saturated rings. The van der Waals surface area contributed by atoms with Crippen molar-refractivity contribution in [2.24, 2.45) is 0 Å². The summed E-state index contributed by atoms with van der Waals surface area (Å²) in [7, 11) is 0. The van der Waals surface area contributed by atoms with Crippen LogP contribution in [0.25, 0.3) is 11.3 Å². The number of hydrogen-bond acceptors (Lipinski definition) is 7. The molecular formula is C22H20N4O4S. The molecule has 1 aliphatic rings. The van der Waals surface area contributed by atoms with Crippen LogP contribution < -0.4 is 9.64 Å². The van der Waals surface area contributed by atoms with Crippen molar-refractivity contribution in [1.82, 2.24) is 15.2 Å². The van der Waals surface area contributed by atoms with Gasteiger partial charge in [-0.05, 0) is 24.0 Å². The molecule has 3 aromatic rings. The highest BCUT2D eigenvalue weighted by atomic mass is 32.2. The maximum atomic E-state index is 13.1. The Balaban J connectivity index is 1.91. The minimum Gasteiger partial charge on any atom is -0.478 e. The Morgan fingerprint density at radius 1 is 1.10 bits per heavy atom. The van der Waals surface area contributed by atoms with Crippen LogP contribution in [0.15, 0.2) is 53.7 Å².